The second kappa shape index (κ2) is 8.66. The van der Waals surface area contributed by atoms with Gasteiger partial charge in [0, 0.05) is 12.1 Å². The molecule has 31 heavy (non-hydrogen) atoms. The van der Waals surface area contributed by atoms with Crippen molar-refractivity contribution in [3.05, 3.63) is 83.7 Å². The number of nitrogens with zero attached hydrogens (tertiary/aromatic N) is 1. The molecule has 156 valence electrons. The second-order valence-corrected chi connectivity index (χ2v) is 6.93. The number of hydrogen-bond acceptors (Lipinski definition) is 5. The van der Waals surface area contributed by atoms with Gasteiger partial charge in [0.2, 0.25) is 0 Å². The zero-order valence-electron chi connectivity index (χ0n) is 16.4. The fourth-order valence-corrected chi connectivity index (χ4v) is 3.67. The lowest BCUT2D eigenvalue weighted by molar-refractivity contribution is -0.135. The van der Waals surface area contributed by atoms with Crippen molar-refractivity contribution >= 4 is 23.7 Å². The number of pyridine rings is 1. The number of benzene rings is 2. The van der Waals surface area contributed by atoms with Gasteiger partial charge in [0.15, 0.2) is 5.69 Å². The molecular weight excluding hydrogens is 398 g/mol. The topological polar surface area (TPSA) is 118 Å². The number of carboxylic acid groups (broad SMARTS) is 1. The summed E-state index contributed by atoms with van der Waals surface area (Å²) >= 11 is 0. The van der Waals surface area contributed by atoms with Gasteiger partial charge in [-0.3, -0.25) is 14.9 Å². The zero-order valence-corrected chi connectivity index (χ0v) is 16.4. The van der Waals surface area contributed by atoms with Crippen molar-refractivity contribution in [2.45, 2.75) is 5.92 Å². The van der Waals surface area contributed by atoms with E-state index in [0.29, 0.717) is 0 Å². The van der Waals surface area contributed by atoms with Crippen molar-refractivity contribution in [3.63, 3.8) is 0 Å². The predicted molar refractivity (Wildman–Crippen MR) is 113 cm³/mol. The number of carbonyl (C=O) groups is 3. The maximum Gasteiger partial charge on any atom is 0.411 e. The third-order valence-corrected chi connectivity index (χ3v) is 5.00. The Hall–Kier alpha value is -4.20. The van der Waals surface area contributed by atoms with Crippen molar-refractivity contribution in [2.24, 2.45) is 0 Å². The molecule has 0 unspecified atom stereocenters. The first-order chi connectivity index (χ1) is 15.0. The molecule has 0 fully saturated rings. The molecule has 8 heteroatoms. The molecule has 0 aliphatic heterocycles. The maximum atomic E-state index is 12.4. The number of hydrogen-bond donors (Lipinski definition) is 3. The van der Waals surface area contributed by atoms with E-state index in [9.17, 15) is 14.4 Å². The molecule has 8 nitrogen and oxygen atoms in total. The molecule has 3 N–H and O–H groups in total. The summed E-state index contributed by atoms with van der Waals surface area (Å²) in [4.78, 5) is 39.2. The number of amides is 2. The average Bonchev–Trinajstić information content (AvgIpc) is 3.10. The number of aliphatic carboxylic acids is 1. The minimum absolute atomic E-state index is 0.0922. The second-order valence-electron chi connectivity index (χ2n) is 6.93. The maximum absolute atomic E-state index is 12.4. The van der Waals surface area contributed by atoms with Crippen molar-refractivity contribution in [3.8, 4) is 11.1 Å². The smallest absolute Gasteiger partial charge is 0.411 e. The summed E-state index contributed by atoms with van der Waals surface area (Å²) in [6, 6.07) is 19.0. The van der Waals surface area contributed by atoms with Crippen LogP contribution in [0.3, 0.4) is 0 Å². The summed E-state index contributed by atoms with van der Waals surface area (Å²) in [5, 5.41) is 13.4. The van der Waals surface area contributed by atoms with Gasteiger partial charge in [0.25, 0.3) is 5.91 Å². The molecule has 2 amide bonds. The van der Waals surface area contributed by atoms with Crippen LogP contribution in [0.5, 0.6) is 0 Å². The standard InChI is InChI=1S/C23H19N3O5/c27-20(28)12-25-22(29)21-19(10-5-11-24-21)26-23(30)31-13-18-16-8-3-1-6-14(16)15-7-2-4-9-17(15)18/h1-11,18H,12-13H2,(H,25,29)(H,26,30)(H,27,28). The van der Waals surface area contributed by atoms with Crippen LogP contribution in [-0.2, 0) is 9.53 Å². The van der Waals surface area contributed by atoms with Gasteiger partial charge in [0.1, 0.15) is 13.2 Å². The van der Waals surface area contributed by atoms with Gasteiger partial charge in [0.05, 0.1) is 5.69 Å². The third kappa shape index (κ3) is 4.23. The number of aromatic nitrogens is 1. The highest BCUT2D eigenvalue weighted by Crippen LogP contribution is 2.44. The summed E-state index contributed by atoms with van der Waals surface area (Å²) in [6.07, 6.45) is 0.639. The molecule has 1 aliphatic rings. The first-order valence-corrected chi connectivity index (χ1v) is 9.61. The Morgan fingerprint density at radius 3 is 2.23 bits per heavy atom. The lowest BCUT2D eigenvalue weighted by Gasteiger charge is -2.15. The van der Waals surface area contributed by atoms with Gasteiger partial charge in [-0.2, -0.15) is 0 Å². The number of carboxylic acids is 1. The van der Waals surface area contributed by atoms with Gasteiger partial charge < -0.3 is 15.2 Å². The van der Waals surface area contributed by atoms with Gasteiger partial charge in [-0.15, -0.1) is 0 Å². The number of fused-ring (bicyclic) bond motifs is 3. The van der Waals surface area contributed by atoms with Crippen LogP contribution >= 0.6 is 0 Å². The molecule has 1 aliphatic carbocycles. The van der Waals surface area contributed by atoms with Gasteiger partial charge in [-0.1, -0.05) is 48.5 Å². The van der Waals surface area contributed by atoms with E-state index in [2.05, 4.69) is 15.6 Å². The lowest BCUT2D eigenvalue weighted by Crippen LogP contribution is -2.31. The molecule has 0 saturated heterocycles. The van der Waals surface area contributed by atoms with Crippen LogP contribution in [0.1, 0.15) is 27.5 Å². The van der Waals surface area contributed by atoms with Gasteiger partial charge in [-0.25, -0.2) is 9.78 Å². The number of rotatable bonds is 6. The lowest BCUT2D eigenvalue weighted by atomic mass is 9.98. The highest BCUT2D eigenvalue weighted by Gasteiger charge is 2.29. The summed E-state index contributed by atoms with van der Waals surface area (Å²) < 4.78 is 5.47. The molecule has 4 rings (SSSR count). The van der Waals surface area contributed by atoms with E-state index in [0.717, 1.165) is 22.3 Å². The molecular formula is C23H19N3O5. The number of ether oxygens (including phenoxy) is 1. The SMILES string of the molecule is O=C(O)CNC(=O)c1ncccc1NC(=O)OCC1c2ccccc2-c2ccccc21. The molecule has 0 radical (unpaired) electrons. The zero-order chi connectivity index (χ0) is 21.8. The van der Waals surface area contributed by atoms with Crippen molar-refractivity contribution in [2.75, 3.05) is 18.5 Å². The Labute approximate surface area is 177 Å². The third-order valence-electron chi connectivity index (χ3n) is 5.00. The number of anilines is 1. The predicted octanol–water partition coefficient (Wildman–Crippen LogP) is 3.26. The number of carbonyl (C=O) groups excluding carboxylic acids is 2. The summed E-state index contributed by atoms with van der Waals surface area (Å²) in [7, 11) is 0. The monoisotopic (exact) mass is 417 g/mol. The molecule has 2 aromatic carbocycles. The van der Waals surface area contributed by atoms with Crippen LogP contribution in [0.15, 0.2) is 66.9 Å². The van der Waals surface area contributed by atoms with E-state index in [4.69, 9.17) is 9.84 Å². The van der Waals surface area contributed by atoms with Gasteiger partial charge >= 0.3 is 12.1 Å². The minimum Gasteiger partial charge on any atom is -0.480 e. The van der Waals surface area contributed by atoms with Crippen LogP contribution in [0.2, 0.25) is 0 Å². The van der Waals surface area contributed by atoms with E-state index in [1.165, 1.54) is 12.3 Å². The highest BCUT2D eigenvalue weighted by molar-refractivity contribution is 6.01. The van der Waals surface area contributed by atoms with Crippen molar-refractivity contribution in [1.82, 2.24) is 10.3 Å². The van der Waals surface area contributed by atoms with E-state index in [1.807, 2.05) is 48.5 Å². The van der Waals surface area contributed by atoms with E-state index >= 15 is 0 Å². The Morgan fingerprint density at radius 1 is 0.935 bits per heavy atom. The molecule has 0 spiro atoms. The first kappa shape index (κ1) is 20.1. The molecule has 3 aromatic rings. The van der Waals surface area contributed by atoms with Gasteiger partial charge in [-0.05, 0) is 34.4 Å². The molecule has 0 atom stereocenters. The fourth-order valence-electron chi connectivity index (χ4n) is 3.67. The molecule has 0 saturated carbocycles. The van der Waals surface area contributed by atoms with Crippen LogP contribution < -0.4 is 10.6 Å². The molecule has 0 bridgehead atoms. The minimum atomic E-state index is -1.18. The Balaban J connectivity index is 1.45. The highest BCUT2D eigenvalue weighted by atomic mass is 16.5. The Morgan fingerprint density at radius 2 is 1.58 bits per heavy atom. The Bertz CT molecular complexity index is 1120. The van der Waals surface area contributed by atoms with Crippen molar-refractivity contribution in [1.29, 1.82) is 0 Å². The van der Waals surface area contributed by atoms with Crippen LogP contribution in [0, 0.1) is 0 Å². The van der Waals surface area contributed by atoms with E-state index in [-0.39, 0.29) is 23.9 Å². The first-order valence-electron chi connectivity index (χ1n) is 9.61. The van der Waals surface area contributed by atoms with Crippen LogP contribution in [-0.4, -0.2) is 41.2 Å². The summed E-state index contributed by atoms with van der Waals surface area (Å²) in [5.74, 6) is -1.99. The van der Waals surface area contributed by atoms with Crippen LogP contribution in [0.25, 0.3) is 11.1 Å². The van der Waals surface area contributed by atoms with E-state index < -0.39 is 24.5 Å². The molecule has 1 aromatic heterocycles. The largest absolute Gasteiger partial charge is 0.480 e. The summed E-state index contributed by atoms with van der Waals surface area (Å²) in [6.45, 7) is -0.430. The average molecular weight is 417 g/mol. The van der Waals surface area contributed by atoms with Crippen LogP contribution in [0.4, 0.5) is 10.5 Å². The summed E-state index contributed by atoms with van der Waals surface area (Å²) in [5.41, 5.74) is 4.45. The normalized spacial score (nSPS) is 11.9. The quantitative estimate of drug-likeness (QED) is 0.567. The fraction of sp³-hybridized carbons (Fsp3) is 0.130. The Kier molecular flexibility index (Phi) is 5.61. The molecule has 1 heterocycles. The van der Waals surface area contributed by atoms with Crippen molar-refractivity contribution < 1.29 is 24.2 Å². The van der Waals surface area contributed by atoms with E-state index in [1.54, 1.807) is 6.07 Å². The number of nitrogens with one attached hydrogen (secondary N) is 2.